The Morgan fingerprint density at radius 3 is 1.21 bits per heavy atom. The number of hydroxylamine groups is 3. The molecule has 0 heterocycles. The first-order valence-electron chi connectivity index (χ1n) is 25.0. The molecule has 0 saturated carbocycles. The molecule has 0 aliphatic carbocycles. The molecule has 0 fully saturated rings. The summed E-state index contributed by atoms with van der Waals surface area (Å²) < 4.78 is 23.3. The fourth-order valence-electron chi connectivity index (χ4n) is 3.69. The van der Waals surface area contributed by atoms with Gasteiger partial charge in [-0.1, -0.05) is 188 Å². The van der Waals surface area contributed by atoms with E-state index in [0.29, 0.717) is 31.8 Å². The van der Waals surface area contributed by atoms with Gasteiger partial charge < -0.3 is 50.5 Å². The number of rotatable bonds is 11. The summed E-state index contributed by atoms with van der Waals surface area (Å²) in [7, 11) is 7.64. The van der Waals surface area contributed by atoms with E-state index in [-0.39, 0.29) is 112 Å². The normalized spacial score (nSPS) is 8.68. The molecule has 0 aromatic heterocycles. The minimum atomic E-state index is -3.19. The molecule has 0 radical (unpaired) electrons. The van der Waals surface area contributed by atoms with Gasteiger partial charge >= 0.3 is 52.1 Å². The van der Waals surface area contributed by atoms with E-state index in [4.69, 9.17) is 0 Å². The van der Waals surface area contributed by atoms with Gasteiger partial charge in [0.2, 0.25) is 15.0 Å². The van der Waals surface area contributed by atoms with Crippen LogP contribution in [0.1, 0.15) is 183 Å². The van der Waals surface area contributed by atoms with Gasteiger partial charge in [0.05, 0.1) is 33.2 Å². The van der Waals surface area contributed by atoms with E-state index < -0.39 is 9.05 Å². The number of esters is 1. The smallest absolute Gasteiger partial charge is 1.00 e. The summed E-state index contributed by atoms with van der Waals surface area (Å²) in [6.45, 7) is 34.2. The predicted octanol–water partition coefficient (Wildman–Crippen LogP) is 9.43. The molecule has 18 heteroatoms. The molecule has 0 spiro atoms. The van der Waals surface area contributed by atoms with E-state index in [9.17, 15) is 27.9 Å². The van der Waals surface area contributed by atoms with Crippen LogP contribution in [0.5, 0.6) is 0 Å². The summed E-state index contributed by atoms with van der Waals surface area (Å²) in [6, 6.07) is 42.2. The van der Waals surface area contributed by atoms with E-state index in [0.717, 1.165) is 23.8 Å². The maximum Gasteiger partial charge on any atom is 2.00 e. The third kappa shape index (κ3) is 101. The largest absolute Gasteiger partial charge is 2.00 e. The van der Waals surface area contributed by atoms with Crippen molar-refractivity contribution in [3.8, 4) is 0 Å². The van der Waals surface area contributed by atoms with Gasteiger partial charge in [-0.15, -0.1) is 12.4 Å². The molecule has 4 aromatic carbocycles. The number of benzene rings is 4. The number of hydrogen-bond donors (Lipinski definition) is 2. The fraction of sp³-hybridized carbons (Fsp3) is 0.517. The van der Waals surface area contributed by atoms with E-state index in [1.54, 1.807) is 42.0 Å². The van der Waals surface area contributed by atoms with Gasteiger partial charge in [-0.25, -0.2) is 19.0 Å². The number of Topliss-reactive ketones (excluding diaryl/α,β-unsaturated/α-hetero) is 1. The zero-order valence-electron chi connectivity index (χ0n) is 51.0. The number of ether oxygens (including phenoxy) is 1. The maximum absolute atomic E-state index is 11.0. The van der Waals surface area contributed by atoms with Crippen LogP contribution in [0.4, 0.5) is 0 Å². The van der Waals surface area contributed by atoms with Crippen molar-refractivity contribution in [2.24, 2.45) is 0 Å². The van der Waals surface area contributed by atoms with Gasteiger partial charge in [0, 0.05) is 49.6 Å². The molecule has 4 aromatic rings. The Morgan fingerprint density at radius 2 is 1.01 bits per heavy atom. The van der Waals surface area contributed by atoms with Crippen molar-refractivity contribution in [1.82, 2.24) is 10.5 Å². The third-order valence-electron chi connectivity index (χ3n) is 7.30. The Kier molecular flexibility index (Phi) is 138. The maximum atomic E-state index is 11.0. The van der Waals surface area contributed by atoms with Gasteiger partial charge in [0.15, 0.2) is 5.78 Å². The number of carbonyl (C=O) groups is 3. The molecule has 11 nitrogen and oxygen atoms in total. The van der Waals surface area contributed by atoms with Gasteiger partial charge in [0.1, 0.15) is 0 Å². The number of aliphatic hydroxyl groups excluding tert-OH is 1. The number of nitrogens with one attached hydrogen (secondary N) is 1. The molecule has 1 amide bonds. The van der Waals surface area contributed by atoms with Crippen LogP contribution < -0.4 is 34.9 Å². The van der Waals surface area contributed by atoms with Crippen molar-refractivity contribution in [3.63, 3.8) is 0 Å². The molecule has 438 valence electrons. The van der Waals surface area contributed by atoms with Crippen LogP contribution in [0.3, 0.4) is 0 Å². The summed E-state index contributed by atoms with van der Waals surface area (Å²) in [4.78, 5) is 40.6. The molecule has 0 unspecified atom stereocenters. The van der Waals surface area contributed by atoms with Crippen LogP contribution in [0.2, 0.25) is 0 Å². The first-order chi connectivity index (χ1) is 33.9. The Labute approximate surface area is 527 Å². The molecule has 0 saturated heterocycles. The van der Waals surface area contributed by atoms with Crippen molar-refractivity contribution < 1.29 is 71.7 Å². The quantitative estimate of drug-likeness (QED) is 0.0372. The number of amides is 1. The van der Waals surface area contributed by atoms with E-state index in [2.05, 4.69) is 80.8 Å². The van der Waals surface area contributed by atoms with Gasteiger partial charge in [-0.05, 0) is 36.8 Å². The molecule has 0 bridgehead atoms. The van der Waals surface area contributed by atoms with Crippen LogP contribution in [-0.4, -0.2) is 124 Å². The third-order valence-corrected chi connectivity index (χ3v) is 7.30. The van der Waals surface area contributed by atoms with Crippen LogP contribution in [-0.2, 0) is 33.1 Å². The second-order valence-electron chi connectivity index (χ2n) is 12.5. The minimum Gasteiger partial charge on any atom is -1.00 e. The van der Waals surface area contributed by atoms with Crippen LogP contribution in [0.25, 0.3) is 0 Å². The number of ketones is 1. The van der Waals surface area contributed by atoms with Crippen molar-refractivity contribution in [1.29, 1.82) is 0 Å². The first-order valence-corrected chi connectivity index (χ1v) is 27.7. The van der Waals surface area contributed by atoms with Crippen LogP contribution in [0.15, 0.2) is 121 Å². The zero-order valence-corrected chi connectivity index (χ0v) is 58.6. The Hall–Kier alpha value is -1.84. The van der Waals surface area contributed by atoms with E-state index >= 15 is 0 Å². The van der Waals surface area contributed by atoms with Crippen molar-refractivity contribution >= 4 is 95.9 Å². The van der Waals surface area contributed by atoms with Crippen molar-refractivity contribution in [2.45, 2.75) is 162 Å². The molecule has 0 aliphatic rings. The van der Waals surface area contributed by atoms with Gasteiger partial charge in [-0.3, -0.25) is 19.2 Å². The molecule has 4 rings (SSSR count). The summed E-state index contributed by atoms with van der Waals surface area (Å²) in [5.41, 5.74) is 5.69. The second kappa shape index (κ2) is 95.5. The van der Waals surface area contributed by atoms with E-state index in [1.807, 2.05) is 181 Å². The van der Waals surface area contributed by atoms with Gasteiger partial charge in [-0.2, -0.15) is 50.2 Å². The van der Waals surface area contributed by atoms with Crippen molar-refractivity contribution in [2.75, 3.05) is 41.2 Å². The average Bonchev–Trinajstić information content (AvgIpc) is 3.43. The number of carbonyl (C=O) groups excluding carboxylic acids is 3. The first kappa shape index (κ1) is 110. The molecule has 2 N–H and O–H groups in total. The number of nitrogens with zero attached hydrogens (tertiary/aromatic N) is 1. The number of hydrogen-bond acceptors (Lipinski definition) is 10. The van der Waals surface area contributed by atoms with Crippen LogP contribution >= 0.6 is 23.1 Å². The summed E-state index contributed by atoms with van der Waals surface area (Å²) in [5, 5.41) is 10.5. The minimum absolute atomic E-state index is 0. The molecular weight excluding hydrogens is 1140 g/mol. The summed E-state index contributed by atoms with van der Waals surface area (Å²) in [6.07, 6.45) is 6.20. The standard InChI is InChI=1S/C10H14.C9H12O.C9H10O.C6H5.C5H11NO2.C5H10O2.C3H7.C2H7NO.4C2H6.CH3ClO2S.BrH.2ClH.2Mg/c1-3-9(2)10-7-5-4-6-8-10;2*1-2-9(10)8-6-4-3-5-7-8;1-2-4-6-5-3-1;1-4-5(7)6(2)8-3;1-3-5(6)7-4-2;1-3-2;1-3-4-2;4*1-2;1-5(2,3)4;;;;;/h4-9H,3H2,1-2H3;3-7,9-10H,2H2,1H3;3-7H,2H2,1H3;1-5H;4H2,1-3H3;3-4H2,1-2H3;3H,1-2H3;3H,1-2H3;4*1-2H3;1H3;3*1H;;/q;;;-1;;;-1;;;;;;;;;;2*+2/p-2/t2*9-;;;;;;;;;;;;;;;;/m00................/s1. The van der Waals surface area contributed by atoms with E-state index in [1.165, 1.54) is 24.2 Å². The summed E-state index contributed by atoms with van der Waals surface area (Å²) >= 11 is 0. The Balaban J connectivity index is -0.0000000470. The van der Waals surface area contributed by atoms with Gasteiger partial charge in [0.25, 0.3) is 0 Å². The zero-order chi connectivity index (χ0) is 57.3. The number of halogens is 4. The summed E-state index contributed by atoms with van der Waals surface area (Å²) in [5.74, 6) is 0.789. The predicted molar refractivity (Wildman–Crippen MR) is 327 cm³/mol. The SMILES string of the molecule is CC.CC.CC.CC.CCC(=O)N(C)OC.CCC(=O)c1ccccc1.CCOC(=O)CC.CC[C@H](C)c1ccccc1.CC[C@H](O)c1ccccc1.CNOC.CS(=O)(=O)Cl.C[CH-]C.Cl.[Br-].[Cl-].[Mg+2].[Mg+2].[c-]1ccccc1. The molecule has 0 aliphatic heterocycles. The average molecular weight is 1240 g/mol. The Morgan fingerprint density at radius 1 is 0.684 bits per heavy atom. The van der Waals surface area contributed by atoms with Crippen LogP contribution in [0, 0.1) is 12.5 Å². The molecule has 76 heavy (non-hydrogen) atoms. The Bertz CT molecular complexity index is 1610. The van der Waals surface area contributed by atoms with Crippen molar-refractivity contribution in [3.05, 3.63) is 151 Å². The second-order valence-corrected chi connectivity index (χ2v) is 15.6. The monoisotopic (exact) mass is 1240 g/mol. The number of aliphatic hydroxyl groups is 1. The molecular formula is C58H104BrCl3Mg2N2O9S. The topological polar surface area (TPSA) is 149 Å². The fourth-order valence-corrected chi connectivity index (χ4v) is 3.69. The molecule has 2 atom stereocenters.